The van der Waals surface area contributed by atoms with Crippen molar-refractivity contribution in [2.75, 3.05) is 277 Å². The first-order valence-corrected chi connectivity index (χ1v) is 43.1. The fourth-order valence-corrected chi connectivity index (χ4v) is 25.2. The molecule has 84 heavy (non-hydrogen) atoms. The van der Waals surface area contributed by atoms with Crippen molar-refractivity contribution in [3.8, 4) is 0 Å². The van der Waals surface area contributed by atoms with E-state index in [0.29, 0.717) is 271 Å². The molecule has 0 aliphatic heterocycles. The molecule has 28 heteroatoms. The topological polar surface area (TPSA) is 222 Å². The van der Waals surface area contributed by atoms with E-state index in [9.17, 15) is 0 Å². The van der Waals surface area contributed by atoms with Gasteiger partial charge < -0.3 is 112 Å². The molecule has 0 aromatic rings. The Bertz CT molecular complexity index is 1300. The molecule has 1 atom stereocenters. The Hall–Kier alpha value is -0.0925. The van der Waals surface area contributed by atoms with E-state index in [1.165, 1.54) is 0 Å². The van der Waals surface area contributed by atoms with Gasteiger partial charge >= 0.3 is 17.1 Å². The van der Waals surface area contributed by atoms with Crippen LogP contribution < -0.4 is 0 Å². The zero-order chi connectivity index (χ0) is 61.5. The van der Waals surface area contributed by atoms with Crippen LogP contribution in [0.2, 0.25) is 65.0 Å². The maximum absolute atomic E-state index is 6.74. The molecule has 0 aliphatic carbocycles. The third-order valence-electron chi connectivity index (χ3n) is 10.5. The summed E-state index contributed by atoms with van der Waals surface area (Å²) in [6, 6.07) is 0.880. The van der Waals surface area contributed by atoms with E-state index in [4.69, 9.17) is 112 Å². The molecule has 0 saturated heterocycles. The van der Waals surface area contributed by atoms with E-state index in [1.54, 1.807) is 0 Å². The molecule has 0 aliphatic rings. The smallest absolute Gasteiger partial charge is 0.315 e. The molecular formula is C56H122O24Si4. The molecule has 0 bridgehead atoms. The van der Waals surface area contributed by atoms with E-state index < -0.39 is 33.8 Å². The van der Waals surface area contributed by atoms with Crippen molar-refractivity contribution in [2.45, 2.75) is 91.2 Å². The van der Waals surface area contributed by atoms with Gasteiger partial charge in [-0.3, -0.25) is 0 Å². The normalized spacial score (nSPS) is 13.2. The molecule has 0 amide bonds. The average Bonchev–Trinajstić information content (AvgIpc) is 3.28. The lowest BCUT2D eigenvalue weighted by Crippen LogP contribution is -2.56. The van der Waals surface area contributed by atoms with Crippen LogP contribution >= 0.6 is 0 Å². The van der Waals surface area contributed by atoms with Gasteiger partial charge in [0.2, 0.25) is 0 Å². The SMILES string of the molecule is CCCCOCCOCCOCCOCCOCCOCCOCCOCCOCCOCCOCCOCCOCCOCCOCCOCCOCCOCCOCCOCCOCCC[Si](C)(O[Si](C)(C)C)O[Si](C)(C)O[Si](C)(C)C. The van der Waals surface area contributed by atoms with Crippen LogP contribution in [0.15, 0.2) is 0 Å². The maximum atomic E-state index is 6.74. The summed E-state index contributed by atoms with van der Waals surface area (Å²) in [6.07, 6.45) is 3.11. The summed E-state index contributed by atoms with van der Waals surface area (Å²) in [6.45, 7) is 43.7. The summed E-state index contributed by atoms with van der Waals surface area (Å²) in [7, 11) is -8.20. The molecule has 0 N–H and O–H groups in total. The van der Waals surface area contributed by atoms with Gasteiger partial charge in [-0.15, -0.1) is 0 Å². The first kappa shape index (κ1) is 83.9. The van der Waals surface area contributed by atoms with Gasteiger partial charge in [0.1, 0.15) is 0 Å². The number of rotatable bonds is 73. The largest absolute Gasteiger partial charge is 0.437 e. The minimum atomic E-state index is -2.41. The molecule has 0 rings (SSSR count). The first-order chi connectivity index (χ1) is 40.7. The molecule has 24 nitrogen and oxygen atoms in total. The fraction of sp³-hybridized carbons (Fsp3) is 1.00. The third kappa shape index (κ3) is 71.0. The van der Waals surface area contributed by atoms with Crippen molar-refractivity contribution in [1.29, 1.82) is 0 Å². The zero-order valence-electron chi connectivity index (χ0n) is 54.3. The summed E-state index contributed by atoms with van der Waals surface area (Å²) in [5.74, 6) is 0. The Morgan fingerprint density at radius 1 is 0.179 bits per heavy atom. The number of hydrogen-bond acceptors (Lipinski definition) is 24. The number of unbranched alkanes of at least 4 members (excludes halogenated alkanes) is 1. The molecule has 0 aromatic heterocycles. The van der Waals surface area contributed by atoms with Gasteiger partial charge in [-0.05, 0) is 77.8 Å². The van der Waals surface area contributed by atoms with Crippen molar-refractivity contribution in [3.63, 3.8) is 0 Å². The van der Waals surface area contributed by atoms with Crippen molar-refractivity contribution < 1.29 is 112 Å². The monoisotopic (exact) mass is 1290 g/mol. The Morgan fingerprint density at radius 3 is 0.488 bits per heavy atom. The molecule has 0 fully saturated rings. The maximum Gasteiger partial charge on any atom is 0.315 e. The zero-order valence-corrected chi connectivity index (χ0v) is 58.3. The van der Waals surface area contributed by atoms with Crippen molar-refractivity contribution >= 4 is 33.8 Å². The Labute approximate surface area is 512 Å². The quantitative estimate of drug-likeness (QED) is 0.0502. The van der Waals surface area contributed by atoms with E-state index in [1.807, 2.05) is 0 Å². The fourth-order valence-electron chi connectivity index (χ4n) is 7.29. The van der Waals surface area contributed by atoms with Crippen LogP contribution in [0.5, 0.6) is 0 Å². The Kier molecular flexibility index (Phi) is 63.0. The predicted molar refractivity (Wildman–Crippen MR) is 331 cm³/mol. The third-order valence-corrected chi connectivity index (χ3v) is 24.1. The minimum Gasteiger partial charge on any atom is -0.437 e. The van der Waals surface area contributed by atoms with Crippen LogP contribution in [0.4, 0.5) is 0 Å². The predicted octanol–water partition coefficient (Wildman–Crippen LogP) is 6.02. The summed E-state index contributed by atoms with van der Waals surface area (Å²) >= 11 is 0. The second kappa shape index (κ2) is 63.1. The Balaban J connectivity index is 3.24. The second-order valence-electron chi connectivity index (χ2n) is 21.4. The molecular weight excluding hydrogens is 1170 g/mol. The van der Waals surface area contributed by atoms with Gasteiger partial charge in [0, 0.05) is 13.2 Å². The molecule has 1 unspecified atom stereocenters. The highest BCUT2D eigenvalue weighted by Crippen LogP contribution is 2.27. The lowest BCUT2D eigenvalue weighted by atomic mass is 10.4. The van der Waals surface area contributed by atoms with E-state index in [2.05, 4.69) is 65.8 Å². The van der Waals surface area contributed by atoms with E-state index in [0.717, 1.165) is 31.9 Å². The van der Waals surface area contributed by atoms with Crippen LogP contribution in [-0.4, -0.2) is 311 Å². The first-order valence-electron chi connectivity index (χ1n) is 30.9. The highest BCUT2D eigenvalue weighted by Gasteiger charge is 2.44. The summed E-state index contributed by atoms with van der Waals surface area (Å²) < 4.78 is 136. The van der Waals surface area contributed by atoms with Gasteiger partial charge in [-0.1, -0.05) is 13.3 Å². The van der Waals surface area contributed by atoms with Gasteiger partial charge in [-0.25, -0.2) is 0 Å². The summed E-state index contributed by atoms with van der Waals surface area (Å²) in [5, 5.41) is 0. The lowest BCUT2D eigenvalue weighted by Gasteiger charge is -2.41. The highest BCUT2D eigenvalue weighted by atomic mass is 28.5. The number of hydrogen-bond donors (Lipinski definition) is 0. The van der Waals surface area contributed by atoms with Gasteiger partial charge in [0.25, 0.3) is 0 Å². The Morgan fingerprint density at radius 2 is 0.333 bits per heavy atom. The summed E-state index contributed by atoms with van der Waals surface area (Å²) in [5.41, 5.74) is 0. The van der Waals surface area contributed by atoms with Crippen LogP contribution in [0.3, 0.4) is 0 Å². The van der Waals surface area contributed by atoms with Gasteiger partial charge in [-0.2, -0.15) is 0 Å². The second-order valence-corrected chi connectivity index (χ2v) is 37.8. The van der Waals surface area contributed by atoms with Crippen molar-refractivity contribution in [1.82, 2.24) is 0 Å². The van der Waals surface area contributed by atoms with Crippen LogP contribution in [0.25, 0.3) is 0 Å². The molecule has 0 aromatic carbocycles. The highest BCUT2D eigenvalue weighted by molar-refractivity contribution is 6.89. The van der Waals surface area contributed by atoms with Crippen molar-refractivity contribution in [2.24, 2.45) is 0 Å². The van der Waals surface area contributed by atoms with Gasteiger partial charge in [0.05, 0.1) is 264 Å². The van der Waals surface area contributed by atoms with Crippen LogP contribution in [0.1, 0.15) is 26.2 Å². The lowest BCUT2D eigenvalue weighted by molar-refractivity contribution is -0.0316. The van der Waals surface area contributed by atoms with E-state index in [-0.39, 0.29) is 0 Å². The molecule has 0 radical (unpaired) electrons. The average molecular weight is 1290 g/mol. The molecule has 0 spiro atoms. The van der Waals surface area contributed by atoms with Gasteiger partial charge in [0.15, 0.2) is 16.6 Å². The molecule has 0 saturated carbocycles. The molecule has 506 valence electrons. The van der Waals surface area contributed by atoms with Crippen LogP contribution in [-0.2, 0) is 112 Å². The minimum absolute atomic E-state index is 0.488. The number of ether oxygens (including phenoxy) is 21. The van der Waals surface area contributed by atoms with Crippen LogP contribution in [0, 0.1) is 0 Å². The standard InChI is InChI=1S/C56H122O24Si4/c1-11-12-14-57-16-18-59-20-22-61-24-26-63-28-30-65-32-34-67-36-38-69-40-42-71-44-46-73-48-50-75-52-54-77-55-53-76-51-49-74-47-45-72-43-41-70-39-37-68-35-33-66-31-29-64-27-25-62-23-21-60-19-17-58-15-13-56-84(10,79-82(5,6)7)80-83(8,9)78-81(2,3)4/h11-56H2,1-10H3. The summed E-state index contributed by atoms with van der Waals surface area (Å²) in [4.78, 5) is 0. The van der Waals surface area contributed by atoms with Crippen molar-refractivity contribution in [3.05, 3.63) is 0 Å². The van der Waals surface area contributed by atoms with E-state index >= 15 is 0 Å². The molecule has 0 heterocycles.